The SMILES string of the molecule is O=C1NC(=S)N(c2ccccc2)C(=O)/C1=C/C=C/c1ccccc1. The first kappa shape index (κ1) is 15.8. The molecule has 2 aromatic carbocycles. The van der Waals surface area contributed by atoms with Gasteiger partial charge in [-0.3, -0.25) is 19.8 Å². The topological polar surface area (TPSA) is 49.4 Å². The van der Waals surface area contributed by atoms with E-state index in [1.54, 1.807) is 30.3 Å². The van der Waals surface area contributed by atoms with Crippen molar-refractivity contribution in [3.63, 3.8) is 0 Å². The van der Waals surface area contributed by atoms with Crippen molar-refractivity contribution in [1.29, 1.82) is 0 Å². The number of nitrogens with one attached hydrogen (secondary N) is 1. The van der Waals surface area contributed by atoms with E-state index < -0.39 is 11.8 Å². The number of hydrogen-bond donors (Lipinski definition) is 1. The van der Waals surface area contributed by atoms with Gasteiger partial charge in [-0.25, -0.2) is 0 Å². The molecule has 5 heteroatoms. The van der Waals surface area contributed by atoms with Crippen LogP contribution >= 0.6 is 12.2 Å². The summed E-state index contributed by atoms with van der Waals surface area (Å²) in [7, 11) is 0. The van der Waals surface area contributed by atoms with Crippen molar-refractivity contribution in [2.45, 2.75) is 0 Å². The van der Waals surface area contributed by atoms with E-state index in [4.69, 9.17) is 12.2 Å². The third-order valence-electron chi connectivity index (χ3n) is 3.47. The number of para-hydroxylation sites is 1. The van der Waals surface area contributed by atoms with Gasteiger partial charge in [-0.05, 0) is 36.0 Å². The normalized spacial score (nSPS) is 16.8. The number of benzene rings is 2. The van der Waals surface area contributed by atoms with Crippen LogP contribution in [0.25, 0.3) is 6.08 Å². The summed E-state index contributed by atoms with van der Waals surface area (Å²) in [6, 6.07) is 18.6. The van der Waals surface area contributed by atoms with Crippen molar-refractivity contribution in [2.24, 2.45) is 0 Å². The largest absolute Gasteiger partial charge is 0.298 e. The third kappa shape index (κ3) is 3.31. The Hall–Kier alpha value is -3.05. The average Bonchev–Trinajstić information content (AvgIpc) is 2.59. The monoisotopic (exact) mass is 334 g/mol. The van der Waals surface area contributed by atoms with Crippen molar-refractivity contribution >= 4 is 40.9 Å². The fourth-order valence-electron chi connectivity index (χ4n) is 2.31. The minimum absolute atomic E-state index is 0.0413. The number of carbonyl (C=O) groups excluding carboxylic acids is 2. The second-order valence-electron chi connectivity index (χ2n) is 5.09. The van der Waals surface area contributed by atoms with Gasteiger partial charge >= 0.3 is 0 Å². The van der Waals surface area contributed by atoms with Crippen LogP contribution in [-0.4, -0.2) is 16.9 Å². The van der Waals surface area contributed by atoms with E-state index in [0.717, 1.165) is 5.56 Å². The van der Waals surface area contributed by atoms with Crippen LogP contribution in [0, 0.1) is 0 Å². The number of hydrogen-bond acceptors (Lipinski definition) is 3. The highest BCUT2D eigenvalue weighted by Crippen LogP contribution is 2.20. The van der Waals surface area contributed by atoms with Crippen LogP contribution in [0.4, 0.5) is 5.69 Å². The summed E-state index contributed by atoms with van der Waals surface area (Å²) in [6.07, 6.45) is 5.01. The standard InChI is InChI=1S/C19H14N2O2S/c22-17-16(13-7-10-14-8-3-1-4-9-14)18(23)21(19(24)20-17)15-11-5-2-6-12-15/h1-13H,(H,20,22,24)/b10-7+,16-13+. The lowest BCUT2D eigenvalue weighted by molar-refractivity contribution is -0.122. The summed E-state index contributed by atoms with van der Waals surface area (Å²) in [6.45, 7) is 0. The van der Waals surface area contributed by atoms with Gasteiger partial charge in [0, 0.05) is 0 Å². The van der Waals surface area contributed by atoms with Gasteiger partial charge in [0.05, 0.1) is 5.69 Å². The zero-order valence-corrected chi connectivity index (χ0v) is 13.5. The molecule has 4 nitrogen and oxygen atoms in total. The zero-order chi connectivity index (χ0) is 16.9. The van der Waals surface area contributed by atoms with Crippen LogP contribution in [-0.2, 0) is 9.59 Å². The number of nitrogens with zero attached hydrogens (tertiary/aromatic N) is 1. The minimum Gasteiger partial charge on any atom is -0.298 e. The van der Waals surface area contributed by atoms with Crippen LogP contribution in [0.15, 0.2) is 78.4 Å². The smallest absolute Gasteiger partial charge is 0.270 e. The molecule has 0 aromatic heterocycles. The molecule has 1 fully saturated rings. The molecule has 1 aliphatic rings. The Kier molecular flexibility index (Phi) is 4.63. The van der Waals surface area contributed by atoms with E-state index in [0.29, 0.717) is 5.69 Å². The third-order valence-corrected chi connectivity index (χ3v) is 3.75. The van der Waals surface area contributed by atoms with Crippen LogP contribution in [0.2, 0.25) is 0 Å². The fraction of sp³-hybridized carbons (Fsp3) is 0. The number of thiocarbonyl (C=S) groups is 1. The van der Waals surface area contributed by atoms with Gasteiger partial charge in [-0.15, -0.1) is 0 Å². The van der Waals surface area contributed by atoms with Crippen LogP contribution < -0.4 is 10.2 Å². The van der Waals surface area contributed by atoms with Crippen LogP contribution in [0.1, 0.15) is 5.56 Å². The highest BCUT2D eigenvalue weighted by Gasteiger charge is 2.33. The first-order chi connectivity index (χ1) is 11.7. The number of rotatable bonds is 3. The highest BCUT2D eigenvalue weighted by atomic mass is 32.1. The molecule has 0 atom stereocenters. The Balaban J connectivity index is 1.88. The molecule has 1 saturated heterocycles. The lowest BCUT2D eigenvalue weighted by atomic mass is 10.1. The summed E-state index contributed by atoms with van der Waals surface area (Å²) in [5.74, 6) is -0.928. The van der Waals surface area contributed by atoms with Crippen molar-refractivity contribution < 1.29 is 9.59 Å². The van der Waals surface area contributed by atoms with Gasteiger partial charge in [0.25, 0.3) is 11.8 Å². The molecule has 0 aliphatic carbocycles. The molecule has 1 N–H and O–H groups in total. The van der Waals surface area contributed by atoms with Crippen LogP contribution in [0.5, 0.6) is 0 Å². The molecule has 0 unspecified atom stereocenters. The Morgan fingerprint density at radius 2 is 1.54 bits per heavy atom. The predicted octanol–water partition coefficient (Wildman–Crippen LogP) is 3.07. The molecular weight excluding hydrogens is 320 g/mol. The van der Waals surface area contributed by atoms with Crippen LogP contribution in [0.3, 0.4) is 0 Å². The quantitative estimate of drug-likeness (QED) is 0.533. The van der Waals surface area contributed by atoms with Gasteiger partial charge in [0.1, 0.15) is 5.57 Å². The average molecular weight is 334 g/mol. The summed E-state index contributed by atoms with van der Waals surface area (Å²) >= 11 is 5.13. The fourth-order valence-corrected chi connectivity index (χ4v) is 2.59. The number of allylic oxidation sites excluding steroid dienone is 2. The summed E-state index contributed by atoms with van der Waals surface area (Å²) in [5, 5.41) is 2.64. The maximum atomic E-state index is 12.7. The minimum atomic E-state index is -0.491. The van der Waals surface area contributed by atoms with E-state index in [1.165, 1.54) is 11.0 Å². The molecule has 0 saturated carbocycles. The number of anilines is 1. The zero-order valence-electron chi connectivity index (χ0n) is 12.7. The molecule has 2 amide bonds. The predicted molar refractivity (Wildman–Crippen MR) is 98.2 cm³/mol. The molecular formula is C19H14N2O2S. The Morgan fingerprint density at radius 1 is 0.917 bits per heavy atom. The van der Waals surface area contributed by atoms with Gasteiger partial charge in [-0.2, -0.15) is 0 Å². The maximum Gasteiger partial charge on any atom is 0.270 e. The molecule has 24 heavy (non-hydrogen) atoms. The van der Waals surface area contributed by atoms with Crippen molar-refractivity contribution in [2.75, 3.05) is 4.90 Å². The lowest BCUT2D eigenvalue weighted by Crippen LogP contribution is -2.54. The molecule has 3 rings (SSSR count). The molecule has 1 aliphatic heterocycles. The van der Waals surface area contributed by atoms with Gasteiger partial charge in [-0.1, -0.05) is 60.7 Å². The number of carbonyl (C=O) groups is 2. The second-order valence-corrected chi connectivity index (χ2v) is 5.47. The molecule has 0 bridgehead atoms. The Bertz CT molecular complexity index is 842. The first-order valence-electron chi connectivity index (χ1n) is 7.35. The Labute approximate surface area is 145 Å². The first-order valence-corrected chi connectivity index (χ1v) is 7.76. The molecule has 118 valence electrons. The van der Waals surface area contributed by atoms with E-state index in [9.17, 15) is 9.59 Å². The highest BCUT2D eigenvalue weighted by molar-refractivity contribution is 7.80. The maximum absolute atomic E-state index is 12.7. The van der Waals surface area contributed by atoms with E-state index in [2.05, 4.69) is 5.32 Å². The Morgan fingerprint density at radius 3 is 2.21 bits per heavy atom. The van der Waals surface area contributed by atoms with Crippen molar-refractivity contribution in [1.82, 2.24) is 5.32 Å². The van der Waals surface area contributed by atoms with E-state index in [1.807, 2.05) is 42.5 Å². The molecule has 2 aromatic rings. The van der Waals surface area contributed by atoms with E-state index >= 15 is 0 Å². The summed E-state index contributed by atoms with van der Waals surface area (Å²) in [5.41, 5.74) is 1.64. The molecule has 1 heterocycles. The molecule has 0 radical (unpaired) electrons. The summed E-state index contributed by atoms with van der Waals surface area (Å²) in [4.78, 5) is 26.1. The van der Waals surface area contributed by atoms with Gasteiger partial charge in [0.15, 0.2) is 5.11 Å². The second kappa shape index (κ2) is 7.02. The van der Waals surface area contributed by atoms with Crippen molar-refractivity contribution in [3.05, 3.63) is 84.0 Å². The van der Waals surface area contributed by atoms with Gasteiger partial charge < -0.3 is 0 Å². The molecule has 0 spiro atoms. The lowest BCUT2D eigenvalue weighted by Gasteiger charge is -2.28. The number of amides is 2. The van der Waals surface area contributed by atoms with Crippen molar-refractivity contribution in [3.8, 4) is 0 Å². The van der Waals surface area contributed by atoms with Gasteiger partial charge in [0.2, 0.25) is 0 Å². The summed E-state index contributed by atoms with van der Waals surface area (Å²) < 4.78 is 0. The van der Waals surface area contributed by atoms with E-state index in [-0.39, 0.29) is 10.7 Å².